The summed E-state index contributed by atoms with van der Waals surface area (Å²) in [4.78, 5) is 46.0. The van der Waals surface area contributed by atoms with Crippen molar-refractivity contribution >= 4 is 18.0 Å². The molecule has 0 radical (unpaired) electrons. The highest BCUT2D eigenvalue weighted by Crippen LogP contribution is 2.44. The molecule has 1 aromatic heterocycles. The molecule has 11 heteroatoms. The predicted molar refractivity (Wildman–Crippen MR) is 221 cm³/mol. The van der Waals surface area contributed by atoms with E-state index in [0.717, 1.165) is 45.4 Å². The van der Waals surface area contributed by atoms with Crippen LogP contribution in [0.4, 0.5) is 4.79 Å². The second kappa shape index (κ2) is 18.6. The molecule has 5 rings (SSSR count). The summed E-state index contributed by atoms with van der Waals surface area (Å²) in [6.07, 6.45) is 3.66. The number of fused-ring (bicyclic) bond motifs is 3. The number of allylic oxidation sites excluding steroid dienone is 1. The predicted octanol–water partition coefficient (Wildman–Crippen LogP) is 8.83. The third kappa shape index (κ3) is 11.5. The van der Waals surface area contributed by atoms with Gasteiger partial charge in [0.05, 0.1) is 18.3 Å². The fraction of sp³-hybridized carbons (Fsp3) is 0.391. The number of nitrogens with one attached hydrogen (secondary N) is 2. The number of hydrogen-bond donors (Lipinski definition) is 2. The maximum atomic E-state index is 13.5. The van der Waals surface area contributed by atoms with E-state index in [2.05, 4.69) is 29.1 Å². The molecule has 1 atom stereocenters. The Bertz CT molecular complexity index is 2050. The SMILES string of the molecule is CC/C=C(\C=C(\C)C(C)OC(C)(C)C(=O)OC(C)(C)C)CN(CC(=O)NNC(=O)OCC1c2ccccc2-c2ccccc21)Cc1nc(-c2ccccc2)oc1C. The van der Waals surface area contributed by atoms with Crippen LogP contribution in [0.15, 0.2) is 107 Å². The zero-order valence-corrected chi connectivity index (χ0v) is 34.6. The maximum Gasteiger partial charge on any atom is 0.426 e. The summed E-state index contributed by atoms with van der Waals surface area (Å²) >= 11 is 0. The van der Waals surface area contributed by atoms with Gasteiger partial charge in [0.25, 0.3) is 5.91 Å². The van der Waals surface area contributed by atoms with Crippen LogP contribution >= 0.6 is 0 Å². The number of ether oxygens (including phenoxy) is 3. The Morgan fingerprint density at radius 2 is 1.51 bits per heavy atom. The van der Waals surface area contributed by atoms with Crippen LogP contribution < -0.4 is 10.9 Å². The molecule has 302 valence electrons. The van der Waals surface area contributed by atoms with Gasteiger partial charge >= 0.3 is 12.1 Å². The summed E-state index contributed by atoms with van der Waals surface area (Å²) in [6.45, 7) is 17.3. The lowest BCUT2D eigenvalue weighted by atomic mass is 9.98. The van der Waals surface area contributed by atoms with Crippen LogP contribution in [-0.4, -0.2) is 64.9 Å². The molecule has 0 aliphatic heterocycles. The molecule has 11 nitrogen and oxygen atoms in total. The van der Waals surface area contributed by atoms with Crippen molar-refractivity contribution in [3.05, 3.63) is 125 Å². The number of carbonyl (C=O) groups excluding carboxylic acids is 3. The van der Waals surface area contributed by atoms with Crippen molar-refractivity contribution in [2.45, 2.75) is 98.5 Å². The molecule has 1 aliphatic rings. The number of nitrogens with zero attached hydrogens (tertiary/aromatic N) is 2. The summed E-state index contributed by atoms with van der Waals surface area (Å²) in [5.74, 6) is 0.122. The fourth-order valence-corrected chi connectivity index (χ4v) is 6.74. The minimum Gasteiger partial charge on any atom is -0.458 e. The topological polar surface area (TPSA) is 132 Å². The van der Waals surface area contributed by atoms with Crippen LogP contribution in [0.1, 0.15) is 90.3 Å². The largest absolute Gasteiger partial charge is 0.458 e. The van der Waals surface area contributed by atoms with E-state index in [-0.39, 0.29) is 25.6 Å². The van der Waals surface area contributed by atoms with Gasteiger partial charge < -0.3 is 18.6 Å². The second-order valence-electron chi connectivity index (χ2n) is 15.9. The first kappa shape index (κ1) is 42.6. The van der Waals surface area contributed by atoms with Crippen molar-refractivity contribution in [1.82, 2.24) is 20.7 Å². The minimum absolute atomic E-state index is 0.0811. The molecule has 3 aromatic carbocycles. The lowest BCUT2D eigenvalue weighted by Gasteiger charge is -2.31. The van der Waals surface area contributed by atoms with E-state index < -0.39 is 35.3 Å². The first-order valence-electron chi connectivity index (χ1n) is 19.5. The lowest BCUT2D eigenvalue weighted by molar-refractivity contribution is -0.183. The molecule has 0 saturated heterocycles. The van der Waals surface area contributed by atoms with E-state index in [1.165, 1.54) is 0 Å². The molecule has 2 N–H and O–H groups in total. The summed E-state index contributed by atoms with van der Waals surface area (Å²) < 4.78 is 23.5. The molecule has 0 saturated carbocycles. The first-order valence-corrected chi connectivity index (χ1v) is 19.5. The highest BCUT2D eigenvalue weighted by molar-refractivity contribution is 5.81. The molecular formula is C46H56N4O7. The van der Waals surface area contributed by atoms with Crippen molar-refractivity contribution in [3.8, 4) is 22.6 Å². The van der Waals surface area contributed by atoms with Crippen LogP contribution in [0.25, 0.3) is 22.6 Å². The molecular weight excluding hydrogens is 721 g/mol. The zero-order chi connectivity index (χ0) is 41.3. The third-order valence-electron chi connectivity index (χ3n) is 9.59. The molecule has 4 aromatic rings. The van der Waals surface area contributed by atoms with E-state index in [1.54, 1.807) is 13.8 Å². The van der Waals surface area contributed by atoms with Gasteiger partial charge in [-0.2, -0.15) is 0 Å². The monoisotopic (exact) mass is 776 g/mol. The van der Waals surface area contributed by atoms with Crippen LogP contribution in [0.5, 0.6) is 0 Å². The van der Waals surface area contributed by atoms with Crippen molar-refractivity contribution in [2.75, 3.05) is 19.7 Å². The molecule has 1 unspecified atom stereocenters. The van der Waals surface area contributed by atoms with Crippen LogP contribution in [-0.2, 0) is 30.3 Å². The van der Waals surface area contributed by atoms with E-state index in [9.17, 15) is 14.4 Å². The van der Waals surface area contributed by atoms with Gasteiger partial charge in [0, 0.05) is 24.6 Å². The maximum absolute atomic E-state index is 13.5. The second-order valence-corrected chi connectivity index (χ2v) is 15.9. The van der Waals surface area contributed by atoms with Crippen LogP contribution in [0, 0.1) is 6.92 Å². The average molecular weight is 777 g/mol. The van der Waals surface area contributed by atoms with Gasteiger partial charge in [-0.3, -0.25) is 15.1 Å². The van der Waals surface area contributed by atoms with Gasteiger partial charge in [0.15, 0.2) is 5.60 Å². The third-order valence-corrected chi connectivity index (χ3v) is 9.59. The Hall–Kier alpha value is -5.52. The number of aryl methyl sites for hydroxylation is 1. The van der Waals surface area contributed by atoms with Crippen LogP contribution in [0.3, 0.4) is 0 Å². The normalized spacial score (nSPS) is 13.9. The summed E-state index contributed by atoms with van der Waals surface area (Å²) in [5.41, 5.74) is 10.9. The number of amides is 2. The number of aromatic nitrogens is 1. The Labute approximate surface area is 336 Å². The Morgan fingerprint density at radius 1 is 0.895 bits per heavy atom. The van der Waals surface area contributed by atoms with Gasteiger partial charge in [0.1, 0.15) is 18.0 Å². The summed E-state index contributed by atoms with van der Waals surface area (Å²) in [5, 5.41) is 0. The Morgan fingerprint density at radius 3 is 2.12 bits per heavy atom. The van der Waals surface area contributed by atoms with E-state index in [1.807, 2.05) is 126 Å². The molecule has 1 heterocycles. The molecule has 0 spiro atoms. The highest BCUT2D eigenvalue weighted by Gasteiger charge is 2.35. The van der Waals surface area contributed by atoms with Gasteiger partial charge in [0.2, 0.25) is 5.89 Å². The number of rotatable bonds is 15. The number of oxazole rings is 1. The average Bonchev–Trinajstić information content (AvgIpc) is 3.69. The van der Waals surface area contributed by atoms with Gasteiger partial charge in [-0.05, 0) is 107 Å². The van der Waals surface area contributed by atoms with Crippen molar-refractivity contribution in [2.24, 2.45) is 0 Å². The molecule has 1 aliphatic carbocycles. The lowest BCUT2D eigenvalue weighted by Crippen LogP contribution is -2.47. The number of benzene rings is 3. The minimum atomic E-state index is -1.18. The standard InChI is InChI=1S/C46H56N4O7/c1-10-18-33(25-30(2)31(3)56-46(8,9)43(52)57-45(5,6)7)26-50(27-40-32(4)55-42(47-40)34-19-12-11-13-20-34)28-41(51)48-49-44(53)54-29-39-37-23-16-14-21-35(37)36-22-15-17-24-38(36)39/h11-25,31,39H,10,26-29H2,1-9H3,(H,48,51)(H,49,53)/b30-25-,33-18+. The van der Waals surface area contributed by atoms with Crippen molar-refractivity contribution in [3.63, 3.8) is 0 Å². The first-order chi connectivity index (χ1) is 27.0. The highest BCUT2D eigenvalue weighted by atomic mass is 16.6. The number of hydrogen-bond acceptors (Lipinski definition) is 9. The van der Waals surface area contributed by atoms with E-state index in [0.29, 0.717) is 23.9 Å². The molecule has 57 heavy (non-hydrogen) atoms. The molecule has 0 bridgehead atoms. The van der Waals surface area contributed by atoms with Crippen molar-refractivity contribution < 1.29 is 33.0 Å². The van der Waals surface area contributed by atoms with Gasteiger partial charge in [-0.15, -0.1) is 0 Å². The van der Waals surface area contributed by atoms with E-state index >= 15 is 0 Å². The van der Waals surface area contributed by atoms with Crippen LogP contribution in [0.2, 0.25) is 0 Å². The summed E-state index contributed by atoms with van der Waals surface area (Å²) in [7, 11) is 0. The molecule has 2 amide bonds. The Kier molecular flexibility index (Phi) is 13.9. The zero-order valence-electron chi connectivity index (χ0n) is 34.6. The van der Waals surface area contributed by atoms with Crippen molar-refractivity contribution in [1.29, 1.82) is 0 Å². The smallest absolute Gasteiger partial charge is 0.426 e. The van der Waals surface area contributed by atoms with Gasteiger partial charge in [-0.1, -0.05) is 85.8 Å². The number of hydrazine groups is 1. The molecule has 0 fully saturated rings. The quantitative estimate of drug-likeness (QED) is 0.0691. The number of esters is 1. The summed E-state index contributed by atoms with van der Waals surface area (Å²) in [6, 6.07) is 25.8. The Balaban J connectivity index is 1.27. The van der Waals surface area contributed by atoms with Gasteiger partial charge in [-0.25, -0.2) is 20.0 Å². The number of carbonyl (C=O) groups is 3. The van der Waals surface area contributed by atoms with E-state index in [4.69, 9.17) is 23.6 Å². The fourth-order valence-electron chi connectivity index (χ4n) is 6.74.